The van der Waals surface area contributed by atoms with Crippen molar-refractivity contribution in [1.82, 2.24) is 9.66 Å². The molecule has 3 aromatic carbocycles. The van der Waals surface area contributed by atoms with Crippen molar-refractivity contribution in [3.8, 4) is 11.4 Å². The molecule has 4 nitrogen and oxygen atoms in total. The molecular weight excluding hydrogens is 459 g/mol. The minimum absolute atomic E-state index is 0.0938. The van der Waals surface area contributed by atoms with Crippen LogP contribution >= 0.6 is 15.9 Å². The van der Waals surface area contributed by atoms with Gasteiger partial charge in [0.15, 0.2) is 5.82 Å². The molecule has 4 aromatic rings. The molecule has 0 radical (unpaired) electrons. The van der Waals surface area contributed by atoms with Crippen molar-refractivity contribution in [3.63, 3.8) is 0 Å². The second-order valence-electron chi connectivity index (χ2n) is 6.60. The molecule has 0 saturated heterocycles. The number of rotatable bonds is 4. The van der Waals surface area contributed by atoms with E-state index in [1.54, 1.807) is 24.3 Å². The molecule has 8 heteroatoms. The van der Waals surface area contributed by atoms with E-state index in [1.807, 2.05) is 24.3 Å². The Morgan fingerprint density at radius 1 is 0.933 bits per heavy atom. The highest BCUT2D eigenvalue weighted by Gasteiger charge is 2.34. The quantitative estimate of drug-likeness (QED) is 0.420. The summed E-state index contributed by atoms with van der Waals surface area (Å²) in [5, 5.41) is 0.314. The molecular formula is C22H15BrF3N3O. The van der Waals surface area contributed by atoms with Gasteiger partial charge in [0, 0.05) is 10.0 Å². The van der Waals surface area contributed by atoms with Crippen LogP contribution in [-0.4, -0.2) is 9.66 Å². The lowest BCUT2D eigenvalue weighted by Gasteiger charge is -2.18. The Morgan fingerprint density at radius 3 is 2.33 bits per heavy atom. The van der Waals surface area contributed by atoms with Gasteiger partial charge in [0.25, 0.3) is 5.56 Å². The molecule has 4 rings (SSSR count). The second-order valence-corrected chi connectivity index (χ2v) is 7.51. The lowest BCUT2D eigenvalue weighted by molar-refractivity contribution is -0.137. The number of hydrogen-bond donors (Lipinski definition) is 1. The van der Waals surface area contributed by atoms with Gasteiger partial charge in [0.1, 0.15) is 0 Å². The first-order valence-electron chi connectivity index (χ1n) is 9.01. The highest BCUT2D eigenvalue weighted by atomic mass is 79.9. The van der Waals surface area contributed by atoms with Gasteiger partial charge in [-0.1, -0.05) is 58.4 Å². The molecule has 0 amide bonds. The first kappa shape index (κ1) is 20.2. The zero-order chi connectivity index (χ0) is 21.3. The maximum Gasteiger partial charge on any atom is 0.417 e. The number of aromatic nitrogens is 2. The van der Waals surface area contributed by atoms with Gasteiger partial charge in [-0.05, 0) is 35.9 Å². The van der Waals surface area contributed by atoms with Gasteiger partial charge in [0.2, 0.25) is 0 Å². The van der Waals surface area contributed by atoms with E-state index in [2.05, 4.69) is 26.3 Å². The SMILES string of the molecule is O=c1c2ccccc2nc(-c2ccccc2C(F)(F)F)n1NCc1ccc(Br)cc1. The van der Waals surface area contributed by atoms with E-state index in [1.165, 1.54) is 18.2 Å². The normalized spacial score (nSPS) is 11.6. The third-order valence-electron chi connectivity index (χ3n) is 4.60. The predicted molar refractivity (Wildman–Crippen MR) is 114 cm³/mol. The van der Waals surface area contributed by atoms with Crippen molar-refractivity contribution in [2.75, 3.05) is 5.43 Å². The van der Waals surface area contributed by atoms with E-state index in [-0.39, 0.29) is 17.9 Å². The number of alkyl halides is 3. The van der Waals surface area contributed by atoms with Gasteiger partial charge in [-0.2, -0.15) is 13.2 Å². The Balaban J connectivity index is 1.89. The predicted octanol–water partition coefficient (Wildman–Crippen LogP) is 5.59. The van der Waals surface area contributed by atoms with E-state index in [0.29, 0.717) is 10.9 Å². The fourth-order valence-corrected chi connectivity index (χ4v) is 3.42. The molecule has 0 bridgehead atoms. The molecule has 1 aromatic heterocycles. The van der Waals surface area contributed by atoms with Crippen LogP contribution in [0.4, 0.5) is 13.2 Å². The number of nitrogens with one attached hydrogen (secondary N) is 1. The minimum atomic E-state index is -4.59. The van der Waals surface area contributed by atoms with Crippen LogP contribution in [0, 0.1) is 0 Å². The number of para-hydroxylation sites is 1. The number of halogens is 4. The first-order valence-corrected chi connectivity index (χ1v) is 9.80. The number of hydrogen-bond acceptors (Lipinski definition) is 3. The molecule has 1 N–H and O–H groups in total. The van der Waals surface area contributed by atoms with Crippen molar-refractivity contribution in [2.45, 2.75) is 12.7 Å². The molecule has 1 heterocycles. The van der Waals surface area contributed by atoms with Gasteiger partial charge in [-0.15, -0.1) is 0 Å². The Morgan fingerprint density at radius 2 is 1.60 bits per heavy atom. The topological polar surface area (TPSA) is 46.9 Å². The molecule has 0 fully saturated rings. The summed E-state index contributed by atoms with van der Waals surface area (Å²) < 4.78 is 42.9. The van der Waals surface area contributed by atoms with Crippen LogP contribution in [0.5, 0.6) is 0 Å². The van der Waals surface area contributed by atoms with Crippen LogP contribution in [0.2, 0.25) is 0 Å². The number of fused-ring (bicyclic) bond motifs is 1. The highest BCUT2D eigenvalue weighted by Crippen LogP contribution is 2.36. The van der Waals surface area contributed by atoms with E-state index in [9.17, 15) is 18.0 Å². The van der Waals surface area contributed by atoms with Crippen LogP contribution in [-0.2, 0) is 12.7 Å². The summed E-state index contributed by atoms with van der Waals surface area (Å²) in [6.07, 6.45) is -4.59. The summed E-state index contributed by atoms with van der Waals surface area (Å²) in [4.78, 5) is 17.5. The average molecular weight is 474 g/mol. The number of nitrogens with zero attached hydrogens (tertiary/aromatic N) is 2. The smallest absolute Gasteiger partial charge is 0.317 e. The Hall–Kier alpha value is -3.13. The lowest BCUT2D eigenvalue weighted by atomic mass is 10.1. The molecule has 30 heavy (non-hydrogen) atoms. The second kappa shape index (κ2) is 7.95. The molecule has 0 spiro atoms. The molecule has 0 saturated carbocycles. The monoisotopic (exact) mass is 473 g/mol. The largest absolute Gasteiger partial charge is 0.417 e. The maximum absolute atomic E-state index is 13.6. The van der Waals surface area contributed by atoms with E-state index in [0.717, 1.165) is 20.8 Å². The van der Waals surface area contributed by atoms with Crippen LogP contribution in [0.25, 0.3) is 22.3 Å². The van der Waals surface area contributed by atoms with Crippen LogP contribution in [0.1, 0.15) is 11.1 Å². The van der Waals surface area contributed by atoms with Crippen LogP contribution in [0.3, 0.4) is 0 Å². The first-order chi connectivity index (χ1) is 14.3. The maximum atomic E-state index is 13.6. The summed E-state index contributed by atoms with van der Waals surface area (Å²) in [7, 11) is 0. The molecule has 0 atom stereocenters. The third-order valence-corrected chi connectivity index (χ3v) is 5.13. The van der Waals surface area contributed by atoms with E-state index in [4.69, 9.17) is 0 Å². The number of benzene rings is 3. The Kier molecular flexibility index (Phi) is 5.34. The summed E-state index contributed by atoms with van der Waals surface area (Å²) in [6, 6.07) is 19.1. The lowest BCUT2D eigenvalue weighted by Crippen LogP contribution is -2.31. The molecule has 0 unspecified atom stereocenters. The minimum Gasteiger partial charge on any atom is -0.317 e. The zero-order valence-corrected chi connectivity index (χ0v) is 17.0. The Labute approximate surface area is 178 Å². The third kappa shape index (κ3) is 3.95. The molecule has 0 aliphatic rings. The van der Waals surface area contributed by atoms with Crippen molar-refractivity contribution < 1.29 is 13.2 Å². The summed E-state index contributed by atoms with van der Waals surface area (Å²) in [5.74, 6) is -0.0938. The standard InChI is InChI=1S/C22H15BrF3N3O/c23-15-11-9-14(10-12-15)13-27-29-20(16-5-1-3-7-18(16)22(24,25)26)28-19-8-4-2-6-17(19)21(29)30/h1-12,27H,13H2. The van der Waals surface area contributed by atoms with Gasteiger partial charge in [0.05, 0.1) is 23.0 Å². The van der Waals surface area contributed by atoms with Gasteiger partial charge in [-0.25, -0.2) is 9.66 Å². The molecule has 0 aliphatic carbocycles. The molecule has 152 valence electrons. The molecule has 0 aliphatic heterocycles. The van der Waals surface area contributed by atoms with Crippen molar-refractivity contribution in [3.05, 3.63) is 98.7 Å². The van der Waals surface area contributed by atoms with E-state index < -0.39 is 17.3 Å². The fourth-order valence-electron chi connectivity index (χ4n) is 3.16. The van der Waals surface area contributed by atoms with Crippen LogP contribution < -0.4 is 11.0 Å². The van der Waals surface area contributed by atoms with E-state index >= 15 is 0 Å². The summed E-state index contributed by atoms with van der Waals surface area (Å²) in [6.45, 7) is 0.231. The summed E-state index contributed by atoms with van der Waals surface area (Å²) in [5.41, 5.74) is 2.64. The highest BCUT2D eigenvalue weighted by molar-refractivity contribution is 9.10. The summed E-state index contributed by atoms with van der Waals surface area (Å²) >= 11 is 3.36. The van der Waals surface area contributed by atoms with Crippen molar-refractivity contribution in [1.29, 1.82) is 0 Å². The van der Waals surface area contributed by atoms with Crippen molar-refractivity contribution in [2.24, 2.45) is 0 Å². The Bertz CT molecular complexity index is 1270. The van der Waals surface area contributed by atoms with Gasteiger partial charge >= 0.3 is 6.18 Å². The van der Waals surface area contributed by atoms with Gasteiger partial charge < -0.3 is 5.43 Å². The zero-order valence-electron chi connectivity index (χ0n) is 15.4. The van der Waals surface area contributed by atoms with Crippen molar-refractivity contribution >= 4 is 26.8 Å². The average Bonchev–Trinajstić information content (AvgIpc) is 2.73. The van der Waals surface area contributed by atoms with Gasteiger partial charge in [-0.3, -0.25) is 4.79 Å². The van der Waals surface area contributed by atoms with Crippen LogP contribution in [0.15, 0.2) is 82.1 Å². The fraction of sp³-hybridized carbons (Fsp3) is 0.0909.